The van der Waals surface area contributed by atoms with Gasteiger partial charge in [0.1, 0.15) is 5.82 Å². The molecule has 0 aromatic heterocycles. The Morgan fingerprint density at radius 1 is 1.08 bits per heavy atom. The van der Waals surface area contributed by atoms with Gasteiger partial charge in [-0.2, -0.15) is 0 Å². The summed E-state index contributed by atoms with van der Waals surface area (Å²) in [6.07, 6.45) is -0.218. The van der Waals surface area contributed by atoms with Crippen LogP contribution in [-0.2, 0) is 16.0 Å². The van der Waals surface area contributed by atoms with Crippen LogP contribution in [0.4, 0.5) is 4.39 Å². The van der Waals surface area contributed by atoms with Crippen LogP contribution in [0.5, 0.6) is 11.5 Å². The quantitative estimate of drug-likeness (QED) is 0.798. The maximum Gasteiger partial charge on any atom is 0.224 e. The van der Waals surface area contributed by atoms with Gasteiger partial charge in [-0.25, -0.2) is 4.39 Å². The Morgan fingerprint density at radius 2 is 1.84 bits per heavy atom. The summed E-state index contributed by atoms with van der Waals surface area (Å²) in [6, 6.07) is 11.5. The summed E-state index contributed by atoms with van der Waals surface area (Å²) in [4.78, 5) is 12.2. The Kier molecular flexibility index (Phi) is 6.77. The van der Waals surface area contributed by atoms with E-state index in [1.807, 2.05) is 0 Å². The van der Waals surface area contributed by atoms with Crippen molar-refractivity contribution in [3.63, 3.8) is 0 Å². The molecule has 0 saturated carbocycles. The first-order chi connectivity index (χ1) is 12.1. The third kappa shape index (κ3) is 5.19. The fourth-order valence-electron chi connectivity index (χ4n) is 2.49. The molecule has 0 aliphatic rings. The first kappa shape index (κ1) is 18.7. The van der Waals surface area contributed by atoms with E-state index in [1.165, 1.54) is 19.2 Å². The monoisotopic (exact) mass is 347 g/mol. The van der Waals surface area contributed by atoms with E-state index in [9.17, 15) is 9.18 Å². The first-order valence-electron chi connectivity index (χ1n) is 7.83. The topological polar surface area (TPSA) is 56.8 Å². The predicted octanol–water partition coefficient (Wildman–Crippen LogP) is 2.89. The summed E-state index contributed by atoms with van der Waals surface area (Å²) in [5.41, 5.74) is 1.48. The van der Waals surface area contributed by atoms with Crippen LogP contribution in [0.2, 0.25) is 0 Å². The Balaban J connectivity index is 1.95. The van der Waals surface area contributed by atoms with Gasteiger partial charge in [-0.3, -0.25) is 4.79 Å². The largest absolute Gasteiger partial charge is 0.493 e. The number of hydrogen-bond donors (Lipinski definition) is 1. The van der Waals surface area contributed by atoms with Gasteiger partial charge in [0, 0.05) is 13.7 Å². The van der Waals surface area contributed by atoms with E-state index in [0.717, 1.165) is 5.56 Å². The van der Waals surface area contributed by atoms with Crippen molar-refractivity contribution in [2.45, 2.75) is 12.5 Å². The van der Waals surface area contributed by atoms with Crippen molar-refractivity contribution in [3.8, 4) is 11.5 Å². The zero-order valence-electron chi connectivity index (χ0n) is 14.5. The Morgan fingerprint density at radius 3 is 2.48 bits per heavy atom. The normalized spacial score (nSPS) is 11.7. The van der Waals surface area contributed by atoms with E-state index in [2.05, 4.69) is 5.32 Å². The minimum Gasteiger partial charge on any atom is -0.493 e. The van der Waals surface area contributed by atoms with E-state index in [0.29, 0.717) is 17.1 Å². The van der Waals surface area contributed by atoms with Crippen LogP contribution in [0.1, 0.15) is 17.2 Å². The Labute approximate surface area is 146 Å². The van der Waals surface area contributed by atoms with Gasteiger partial charge in [0.05, 0.1) is 26.7 Å². The summed E-state index contributed by atoms with van der Waals surface area (Å²) in [7, 11) is 4.63. The van der Waals surface area contributed by atoms with Crippen molar-refractivity contribution in [2.75, 3.05) is 27.9 Å². The summed E-state index contributed by atoms with van der Waals surface area (Å²) in [5.74, 6) is 0.682. The molecule has 2 rings (SSSR count). The second-order valence-corrected chi connectivity index (χ2v) is 5.45. The lowest BCUT2D eigenvalue weighted by Crippen LogP contribution is -2.30. The van der Waals surface area contributed by atoms with Crippen molar-refractivity contribution >= 4 is 5.91 Å². The molecule has 25 heavy (non-hydrogen) atoms. The molecule has 0 heterocycles. The fourth-order valence-corrected chi connectivity index (χ4v) is 2.49. The molecule has 6 heteroatoms. The third-order valence-corrected chi connectivity index (χ3v) is 3.80. The number of rotatable bonds is 8. The number of amides is 1. The Bertz CT molecular complexity index is 720. The fraction of sp³-hybridized carbons (Fsp3) is 0.316. The van der Waals surface area contributed by atoms with E-state index in [-0.39, 0.29) is 24.7 Å². The molecule has 0 aliphatic carbocycles. The van der Waals surface area contributed by atoms with Crippen LogP contribution in [0.15, 0.2) is 42.5 Å². The highest BCUT2D eigenvalue weighted by molar-refractivity contribution is 5.78. The molecular formula is C19H22FNO4. The lowest BCUT2D eigenvalue weighted by Gasteiger charge is -2.17. The molecule has 1 amide bonds. The molecule has 0 aliphatic heterocycles. The van der Waals surface area contributed by atoms with Crippen LogP contribution in [0.25, 0.3) is 0 Å². The van der Waals surface area contributed by atoms with E-state index in [4.69, 9.17) is 14.2 Å². The molecular weight excluding hydrogens is 325 g/mol. The van der Waals surface area contributed by atoms with Crippen molar-refractivity contribution in [1.82, 2.24) is 5.32 Å². The molecule has 2 aromatic carbocycles. The van der Waals surface area contributed by atoms with Gasteiger partial charge in [0.2, 0.25) is 5.91 Å². The lowest BCUT2D eigenvalue weighted by atomic mass is 10.1. The van der Waals surface area contributed by atoms with Crippen molar-refractivity contribution in [2.24, 2.45) is 0 Å². The number of halogens is 1. The molecule has 2 aromatic rings. The average molecular weight is 347 g/mol. The molecule has 0 bridgehead atoms. The number of carbonyl (C=O) groups excluding carboxylic acids is 1. The van der Waals surface area contributed by atoms with Crippen LogP contribution in [-0.4, -0.2) is 33.8 Å². The lowest BCUT2D eigenvalue weighted by molar-refractivity contribution is -0.121. The zero-order chi connectivity index (χ0) is 18.2. The second kappa shape index (κ2) is 9.03. The van der Waals surface area contributed by atoms with Gasteiger partial charge in [0.25, 0.3) is 0 Å². The van der Waals surface area contributed by atoms with Crippen LogP contribution >= 0.6 is 0 Å². The summed E-state index contributed by atoms with van der Waals surface area (Å²) in [5, 5.41) is 2.81. The van der Waals surface area contributed by atoms with Gasteiger partial charge >= 0.3 is 0 Å². The number of benzene rings is 2. The Hall–Kier alpha value is -2.60. The molecule has 0 unspecified atom stereocenters. The molecule has 1 atom stereocenters. The molecule has 0 fully saturated rings. The van der Waals surface area contributed by atoms with Gasteiger partial charge in [0.15, 0.2) is 11.5 Å². The maximum absolute atomic E-state index is 13.3. The second-order valence-electron chi connectivity index (χ2n) is 5.45. The van der Waals surface area contributed by atoms with Crippen molar-refractivity contribution in [1.29, 1.82) is 0 Å². The standard InChI is InChI=1S/C19H22FNO4/c1-23-16-8-7-13(9-17(16)24-2)10-19(22)21-12-18(25-3)14-5-4-6-15(20)11-14/h4-9,11,18H,10,12H2,1-3H3,(H,21,22)/t18-/m0/s1. The van der Waals surface area contributed by atoms with E-state index >= 15 is 0 Å². The van der Waals surface area contributed by atoms with Crippen molar-refractivity contribution < 1.29 is 23.4 Å². The first-order valence-corrected chi connectivity index (χ1v) is 7.83. The zero-order valence-corrected chi connectivity index (χ0v) is 14.5. The SMILES string of the molecule is COc1ccc(CC(=O)NC[C@H](OC)c2cccc(F)c2)cc1OC. The van der Waals surface area contributed by atoms with Gasteiger partial charge in [-0.05, 0) is 35.4 Å². The number of nitrogens with one attached hydrogen (secondary N) is 1. The van der Waals surface area contributed by atoms with Crippen LogP contribution < -0.4 is 14.8 Å². The van der Waals surface area contributed by atoms with Gasteiger partial charge < -0.3 is 19.5 Å². The summed E-state index contributed by atoms with van der Waals surface area (Å²) < 4.78 is 29.1. The number of hydrogen-bond acceptors (Lipinski definition) is 4. The third-order valence-electron chi connectivity index (χ3n) is 3.80. The minimum absolute atomic E-state index is 0.161. The molecule has 0 radical (unpaired) electrons. The predicted molar refractivity (Wildman–Crippen MR) is 92.4 cm³/mol. The van der Waals surface area contributed by atoms with Crippen LogP contribution in [0.3, 0.4) is 0 Å². The van der Waals surface area contributed by atoms with E-state index in [1.54, 1.807) is 44.6 Å². The maximum atomic E-state index is 13.3. The van der Waals surface area contributed by atoms with Gasteiger partial charge in [-0.15, -0.1) is 0 Å². The number of ether oxygens (including phenoxy) is 3. The van der Waals surface area contributed by atoms with E-state index < -0.39 is 6.10 Å². The highest BCUT2D eigenvalue weighted by Gasteiger charge is 2.14. The molecule has 0 saturated heterocycles. The van der Waals surface area contributed by atoms with Crippen molar-refractivity contribution in [3.05, 3.63) is 59.4 Å². The molecule has 5 nitrogen and oxygen atoms in total. The van der Waals surface area contributed by atoms with Gasteiger partial charge in [-0.1, -0.05) is 18.2 Å². The van der Waals surface area contributed by atoms with Crippen LogP contribution in [0, 0.1) is 5.82 Å². The average Bonchev–Trinajstić information content (AvgIpc) is 2.62. The summed E-state index contributed by atoms with van der Waals surface area (Å²) in [6.45, 7) is 0.256. The minimum atomic E-state index is -0.412. The molecule has 134 valence electrons. The highest BCUT2D eigenvalue weighted by Crippen LogP contribution is 2.27. The highest BCUT2D eigenvalue weighted by atomic mass is 19.1. The smallest absolute Gasteiger partial charge is 0.224 e. The summed E-state index contributed by atoms with van der Waals surface area (Å²) >= 11 is 0. The molecule has 1 N–H and O–H groups in total. The number of carbonyl (C=O) groups is 1. The number of methoxy groups -OCH3 is 3. The molecule has 0 spiro atoms.